The SMILES string of the molecule is Cc1c2ccccc2c(-c2cc(C(C)C)cc(C(C)C)c2)c2ccccc12. The van der Waals surface area contributed by atoms with Crippen LogP contribution in [0.2, 0.25) is 0 Å². The second-order valence-corrected chi connectivity index (χ2v) is 8.29. The van der Waals surface area contributed by atoms with E-state index in [2.05, 4.69) is 101 Å². The molecule has 0 bridgehead atoms. The van der Waals surface area contributed by atoms with E-state index in [1.54, 1.807) is 0 Å². The molecule has 0 spiro atoms. The molecule has 4 rings (SSSR count). The van der Waals surface area contributed by atoms with Crippen molar-refractivity contribution in [3.05, 3.63) is 83.4 Å². The van der Waals surface area contributed by atoms with Gasteiger partial charge in [0, 0.05) is 0 Å². The standard InChI is InChI=1S/C27H28/c1-17(2)20-14-21(18(3)4)16-22(15-20)27-25-12-8-6-10-23(25)19(5)24-11-7-9-13-26(24)27/h6-18H,1-5H3. The molecule has 0 nitrogen and oxygen atoms in total. The van der Waals surface area contributed by atoms with Crippen LogP contribution in [-0.2, 0) is 0 Å². The van der Waals surface area contributed by atoms with E-state index in [0.717, 1.165) is 0 Å². The number of fused-ring (bicyclic) bond motifs is 2. The van der Waals surface area contributed by atoms with Crippen molar-refractivity contribution >= 4 is 21.5 Å². The summed E-state index contributed by atoms with van der Waals surface area (Å²) in [7, 11) is 0. The zero-order valence-electron chi connectivity index (χ0n) is 17.0. The van der Waals surface area contributed by atoms with Crippen molar-refractivity contribution in [3.63, 3.8) is 0 Å². The van der Waals surface area contributed by atoms with Crippen molar-refractivity contribution in [2.45, 2.75) is 46.5 Å². The van der Waals surface area contributed by atoms with Crippen LogP contribution in [-0.4, -0.2) is 0 Å². The normalized spacial score (nSPS) is 11.8. The summed E-state index contributed by atoms with van der Waals surface area (Å²) in [5.74, 6) is 1.04. The van der Waals surface area contributed by atoms with Gasteiger partial charge < -0.3 is 0 Å². The van der Waals surface area contributed by atoms with E-state index in [-0.39, 0.29) is 0 Å². The number of aryl methyl sites for hydroxylation is 1. The van der Waals surface area contributed by atoms with Crippen LogP contribution in [0.3, 0.4) is 0 Å². The third kappa shape index (κ3) is 3.04. The average molecular weight is 353 g/mol. The van der Waals surface area contributed by atoms with E-state index >= 15 is 0 Å². The summed E-state index contributed by atoms with van der Waals surface area (Å²) in [5.41, 5.74) is 6.93. The smallest absolute Gasteiger partial charge is 0.00264 e. The second-order valence-electron chi connectivity index (χ2n) is 8.29. The Bertz CT molecular complexity index is 1050. The highest BCUT2D eigenvalue weighted by atomic mass is 14.2. The molecule has 0 aromatic heterocycles. The molecule has 0 amide bonds. The summed E-state index contributed by atoms with van der Waals surface area (Å²) in [6, 6.07) is 24.9. The minimum absolute atomic E-state index is 0.519. The van der Waals surface area contributed by atoms with Crippen LogP contribution in [0.25, 0.3) is 32.7 Å². The zero-order valence-corrected chi connectivity index (χ0v) is 17.0. The molecule has 136 valence electrons. The van der Waals surface area contributed by atoms with Crippen LogP contribution in [0.1, 0.15) is 56.2 Å². The van der Waals surface area contributed by atoms with Gasteiger partial charge in [-0.05, 0) is 68.1 Å². The quantitative estimate of drug-likeness (QED) is 0.326. The lowest BCUT2D eigenvalue weighted by molar-refractivity contribution is 0.835. The maximum Gasteiger partial charge on any atom is -0.00264 e. The molecule has 0 fully saturated rings. The molecule has 0 heteroatoms. The summed E-state index contributed by atoms with van der Waals surface area (Å²) < 4.78 is 0. The lowest BCUT2D eigenvalue weighted by atomic mass is 9.85. The molecule has 27 heavy (non-hydrogen) atoms. The minimum atomic E-state index is 0.519. The van der Waals surface area contributed by atoms with Crippen molar-refractivity contribution in [1.29, 1.82) is 0 Å². The van der Waals surface area contributed by atoms with E-state index in [0.29, 0.717) is 11.8 Å². The number of rotatable bonds is 3. The van der Waals surface area contributed by atoms with E-state index < -0.39 is 0 Å². The maximum absolute atomic E-state index is 2.40. The lowest BCUT2D eigenvalue weighted by Gasteiger charge is -2.19. The van der Waals surface area contributed by atoms with Crippen LogP contribution in [0.5, 0.6) is 0 Å². The van der Waals surface area contributed by atoms with E-state index in [4.69, 9.17) is 0 Å². The van der Waals surface area contributed by atoms with Crippen molar-refractivity contribution in [2.75, 3.05) is 0 Å². The van der Waals surface area contributed by atoms with Crippen LogP contribution >= 0.6 is 0 Å². The largest absolute Gasteiger partial charge is 0.0616 e. The lowest BCUT2D eigenvalue weighted by Crippen LogP contribution is -1.96. The number of hydrogen-bond donors (Lipinski definition) is 0. The Labute approximate surface area is 162 Å². The van der Waals surface area contributed by atoms with E-state index in [9.17, 15) is 0 Å². The molecule has 0 N–H and O–H groups in total. The molecule has 0 unspecified atom stereocenters. The molecule has 0 saturated heterocycles. The monoisotopic (exact) mass is 352 g/mol. The molecule has 0 aliphatic heterocycles. The Kier molecular flexibility index (Phi) is 4.52. The minimum Gasteiger partial charge on any atom is -0.0616 e. The molecule has 0 heterocycles. The van der Waals surface area contributed by atoms with Crippen molar-refractivity contribution in [1.82, 2.24) is 0 Å². The third-order valence-electron chi connectivity index (χ3n) is 5.80. The maximum atomic E-state index is 2.40. The first-order chi connectivity index (χ1) is 13.0. The molecule has 0 aliphatic rings. The molecular formula is C27H28. The van der Waals surface area contributed by atoms with Crippen molar-refractivity contribution in [3.8, 4) is 11.1 Å². The molecule has 0 aliphatic carbocycles. The number of hydrogen-bond acceptors (Lipinski definition) is 0. The topological polar surface area (TPSA) is 0 Å². The highest BCUT2D eigenvalue weighted by Gasteiger charge is 2.15. The molecular weight excluding hydrogens is 324 g/mol. The van der Waals surface area contributed by atoms with Gasteiger partial charge in [-0.25, -0.2) is 0 Å². The van der Waals surface area contributed by atoms with E-state index in [1.807, 2.05) is 0 Å². The highest BCUT2D eigenvalue weighted by molar-refractivity contribution is 6.14. The first kappa shape index (κ1) is 17.8. The third-order valence-corrected chi connectivity index (χ3v) is 5.80. The Morgan fingerprint density at radius 1 is 0.556 bits per heavy atom. The average Bonchev–Trinajstić information content (AvgIpc) is 2.68. The van der Waals surface area contributed by atoms with Gasteiger partial charge >= 0.3 is 0 Å². The molecule has 4 aromatic rings. The molecule has 0 radical (unpaired) electrons. The summed E-state index contributed by atoms with van der Waals surface area (Å²) in [6.45, 7) is 11.4. The van der Waals surface area contributed by atoms with Crippen LogP contribution in [0, 0.1) is 6.92 Å². The first-order valence-electron chi connectivity index (χ1n) is 10.0. The zero-order chi connectivity index (χ0) is 19.1. The predicted molar refractivity (Wildman–Crippen MR) is 120 cm³/mol. The Morgan fingerprint density at radius 2 is 0.963 bits per heavy atom. The first-order valence-corrected chi connectivity index (χ1v) is 10.0. The second kappa shape index (κ2) is 6.85. The summed E-state index contributed by atoms with van der Waals surface area (Å²) in [5, 5.41) is 5.41. The molecule has 0 saturated carbocycles. The van der Waals surface area contributed by atoms with Gasteiger partial charge in [0.15, 0.2) is 0 Å². The van der Waals surface area contributed by atoms with Gasteiger partial charge in [0.2, 0.25) is 0 Å². The van der Waals surface area contributed by atoms with Crippen LogP contribution in [0.15, 0.2) is 66.7 Å². The van der Waals surface area contributed by atoms with Crippen LogP contribution < -0.4 is 0 Å². The van der Waals surface area contributed by atoms with Crippen LogP contribution in [0.4, 0.5) is 0 Å². The number of benzene rings is 4. The van der Waals surface area contributed by atoms with Gasteiger partial charge in [-0.1, -0.05) is 94.4 Å². The van der Waals surface area contributed by atoms with E-state index in [1.165, 1.54) is 49.4 Å². The van der Waals surface area contributed by atoms with Gasteiger partial charge in [-0.2, -0.15) is 0 Å². The van der Waals surface area contributed by atoms with Gasteiger partial charge in [0.25, 0.3) is 0 Å². The summed E-state index contributed by atoms with van der Waals surface area (Å²) >= 11 is 0. The summed E-state index contributed by atoms with van der Waals surface area (Å²) in [4.78, 5) is 0. The fraction of sp³-hybridized carbons (Fsp3) is 0.259. The molecule has 4 aromatic carbocycles. The van der Waals surface area contributed by atoms with Gasteiger partial charge in [0.1, 0.15) is 0 Å². The van der Waals surface area contributed by atoms with Gasteiger partial charge in [-0.15, -0.1) is 0 Å². The fourth-order valence-corrected chi connectivity index (χ4v) is 4.14. The Hall–Kier alpha value is -2.60. The summed E-state index contributed by atoms with van der Waals surface area (Å²) in [6.07, 6.45) is 0. The van der Waals surface area contributed by atoms with Crippen molar-refractivity contribution in [2.24, 2.45) is 0 Å². The van der Waals surface area contributed by atoms with Gasteiger partial charge in [0.05, 0.1) is 0 Å². The molecule has 0 atom stereocenters. The Balaban J connectivity index is 2.17. The fourth-order valence-electron chi connectivity index (χ4n) is 4.14. The highest BCUT2D eigenvalue weighted by Crippen LogP contribution is 2.40. The predicted octanol–water partition coefficient (Wildman–Crippen LogP) is 8.22. The Morgan fingerprint density at radius 3 is 1.37 bits per heavy atom. The van der Waals surface area contributed by atoms with Crippen molar-refractivity contribution < 1.29 is 0 Å². The van der Waals surface area contributed by atoms with Gasteiger partial charge in [-0.3, -0.25) is 0 Å².